The van der Waals surface area contributed by atoms with Crippen LogP contribution in [0.2, 0.25) is 0 Å². The van der Waals surface area contributed by atoms with Crippen LogP contribution in [0.1, 0.15) is 130 Å². The van der Waals surface area contributed by atoms with Crippen LogP contribution in [0.25, 0.3) is 5.57 Å². The number of benzene rings is 1. The van der Waals surface area contributed by atoms with Crippen LogP contribution in [0.4, 0.5) is 0 Å². The topological polar surface area (TPSA) is 42.0 Å². The van der Waals surface area contributed by atoms with Gasteiger partial charge in [-0.05, 0) is 107 Å². The molecule has 232 valence electrons. The molecule has 0 amide bonds. The van der Waals surface area contributed by atoms with Crippen LogP contribution in [0, 0.1) is 18.3 Å². The fourth-order valence-corrected chi connectivity index (χ4v) is 7.26. The van der Waals surface area contributed by atoms with Crippen LogP contribution >= 0.6 is 0 Å². The maximum absolute atomic E-state index is 13.4. The van der Waals surface area contributed by atoms with Crippen LogP contribution in [-0.4, -0.2) is 59.6 Å². The van der Waals surface area contributed by atoms with Gasteiger partial charge in [-0.15, -0.1) is 6.42 Å². The number of likely N-dealkylation sites (tertiary alicyclic amines) is 1. The van der Waals surface area contributed by atoms with Gasteiger partial charge < -0.3 is 9.47 Å². The zero-order chi connectivity index (χ0) is 30.5. The van der Waals surface area contributed by atoms with E-state index < -0.39 is 5.60 Å². The van der Waals surface area contributed by atoms with Gasteiger partial charge in [-0.25, -0.2) is 0 Å². The molecule has 0 bridgehead atoms. The van der Waals surface area contributed by atoms with Crippen molar-refractivity contribution in [3.63, 3.8) is 0 Å². The van der Waals surface area contributed by atoms with Gasteiger partial charge in [-0.1, -0.05) is 58.8 Å². The second-order valence-electron chi connectivity index (χ2n) is 14.2. The Bertz CT molecular complexity index is 1170. The van der Waals surface area contributed by atoms with E-state index in [1.165, 1.54) is 61.7 Å². The molecule has 4 rings (SSSR count). The molecule has 0 saturated carbocycles. The molecule has 0 spiro atoms. The van der Waals surface area contributed by atoms with Gasteiger partial charge in [0.25, 0.3) is 0 Å². The Morgan fingerprint density at radius 2 is 1.90 bits per heavy atom. The quantitative estimate of drug-likeness (QED) is 0.109. The number of piperidine rings is 1. The number of fused-ring (bicyclic) bond motifs is 2. The molecule has 0 radical (unpaired) electrons. The monoisotopic (exact) mass is 576 g/mol. The van der Waals surface area contributed by atoms with Gasteiger partial charge in [-0.3, -0.25) is 14.6 Å². The van der Waals surface area contributed by atoms with E-state index in [9.17, 15) is 4.79 Å². The number of nitrogens with zero attached hydrogens (tertiary/aromatic N) is 2. The number of ether oxygens (including phenoxy) is 2. The van der Waals surface area contributed by atoms with Gasteiger partial charge in [-0.2, -0.15) is 0 Å². The molecule has 5 heteroatoms. The molecule has 0 aliphatic carbocycles. The summed E-state index contributed by atoms with van der Waals surface area (Å²) in [6.45, 7) is 20.2. The average molecular weight is 577 g/mol. The second-order valence-corrected chi connectivity index (χ2v) is 14.2. The normalized spacial score (nSPS) is 21.5. The number of carbonyl (C=O) groups excluding carboxylic acids is 1. The Morgan fingerprint density at radius 3 is 2.62 bits per heavy atom. The number of carbonyl (C=O) groups is 1. The largest absolute Gasteiger partial charge is 0.483 e. The molecule has 1 aromatic carbocycles. The lowest BCUT2D eigenvalue weighted by Gasteiger charge is -2.42. The molecule has 3 aliphatic rings. The molecule has 2 unspecified atom stereocenters. The Labute approximate surface area is 256 Å². The second kappa shape index (κ2) is 14.0. The predicted molar refractivity (Wildman–Crippen MR) is 174 cm³/mol. The lowest BCUT2D eigenvalue weighted by atomic mass is 9.79. The molecular weight excluding hydrogens is 520 g/mol. The Kier molecular flexibility index (Phi) is 10.9. The minimum absolute atomic E-state index is 0.156. The van der Waals surface area contributed by atoms with E-state index in [0.717, 1.165) is 50.3 Å². The van der Waals surface area contributed by atoms with Crippen molar-refractivity contribution in [1.29, 1.82) is 0 Å². The van der Waals surface area contributed by atoms with Crippen molar-refractivity contribution in [3.05, 3.63) is 28.8 Å². The van der Waals surface area contributed by atoms with E-state index in [0.29, 0.717) is 30.6 Å². The van der Waals surface area contributed by atoms with Crippen molar-refractivity contribution < 1.29 is 14.3 Å². The first-order valence-corrected chi connectivity index (χ1v) is 16.7. The summed E-state index contributed by atoms with van der Waals surface area (Å²) < 4.78 is 13.0. The van der Waals surface area contributed by atoms with Crippen molar-refractivity contribution in [2.75, 3.05) is 32.7 Å². The van der Waals surface area contributed by atoms with Crippen molar-refractivity contribution in [2.24, 2.45) is 5.92 Å². The third-order valence-corrected chi connectivity index (χ3v) is 10.2. The number of terminal acetylenes is 1. The Hall–Kier alpha value is -2.29. The predicted octanol–water partition coefficient (Wildman–Crippen LogP) is 8.22. The van der Waals surface area contributed by atoms with Crippen molar-refractivity contribution in [3.8, 4) is 23.8 Å². The molecule has 0 aromatic heterocycles. The van der Waals surface area contributed by atoms with E-state index in [2.05, 4.69) is 76.3 Å². The van der Waals surface area contributed by atoms with Crippen LogP contribution < -0.4 is 9.47 Å². The van der Waals surface area contributed by atoms with Gasteiger partial charge >= 0.3 is 5.97 Å². The summed E-state index contributed by atoms with van der Waals surface area (Å²) in [7, 11) is 0. The zero-order valence-corrected chi connectivity index (χ0v) is 27.6. The summed E-state index contributed by atoms with van der Waals surface area (Å²) in [5.74, 6) is 5.01. The minimum Gasteiger partial charge on any atom is -0.483 e. The number of hydrogen-bond acceptors (Lipinski definition) is 5. The summed E-state index contributed by atoms with van der Waals surface area (Å²) >= 11 is 0. The van der Waals surface area contributed by atoms with Gasteiger partial charge in [0.1, 0.15) is 17.1 Å². The van der Waals surface area contributed by atoms with Crippen LogP contribution in [0.5, 0.6) is 11.5 Å². The van der Waals surface area contributed by atoms with Crippen LogP contribution in [0.3, 0.4) is 0 Å². The van der Waals surface area contributed by atoms with E-state index in [4.69, 9.17) is 15.9 Å². The molecule has 3 aliphatic heterocycles. The van der Waals surface area contributed by atoms with Crippen LogP contribution in [0.15, 0.2) is 17.7 Å². The van der Waals surface area contributed by atoms with E-state index in [-0.39, 0.29) is 11.5 Å². The maximum atomic E-state index is 13.4. The van der Waals surface area contributed by atoms with Gasteiger partial charge in [0.2, 0.25) is 0 Å². The highest BCUT2D eigenvalue weighted by Gasteiger charge is 2.40. The first-order valence-electron chi connectivity index (χ1n) is 16.7. The molecule has 1 saturated heterocycles. The Morgan fingerprint density at radius 1 is 1.12 bits per heavy atom. The van der Waals surface area contributed by atoms with Gasteiger partial charge in [0.15, 0.2) is 0 Å². The molecule has 1 aromatic rings. The maximum Gasteiger partial charge on any atom is 0.311 e. The first kappa shape index (κ1) is 32.6. The number of hydrogen-bond donors (Lipinski definition) is 0. The zero-order valence-electron chi connectivity index (χ0n) is 27.6. The average Bonchev–Trinajstić information content (AvgIpc) is 2.93. The summed E-state index contributed by atoms with van der Waals surface area (Å²) in [6, 6.07) is 4.36. The number of esters is 1. The highest BCUT2D eigenvalue weighted by molar-refractivity contribution is 5.85. The molecular formula is C37H56N2O3. The highest BCUT2D eigenvalue weighted by atomic mass is 16.5. The molecule has 5 nitrogen and oxygen atoms in total. The third kappa shape index (κ3) is 7.61. The van der Waals surface area contributed by atoms with Crippen molar-refractivity contribution in [2.45, 2.75) is 130 Å². The smallest absolute Gasteiger partial charge is 0.311 e. The lowest BCUT2D eigenvalue weighted by Crippen LogP contribution is -2.47. The standard InChI is InChI=1S/C37H56N2O3/c1-9-11-12-16-27(3)28(4)29-24-32(41-34(40)17-15-22-39-21-14-13-19-36(39,5)6)35-30-26-38(20-10-2)23-18-31(30)37(7,8)42-33(35)25-29/h2,24-25,27-28H,9,11-23,26H2,1,3-8H3. The third-order valence-electron chi connectivity index (χ3n) is 10.2. The first-order chi connectivity index (χ1) is 20.0. The molecule has 2 atom stereocenters. The van der Waals surface area contributed by atoms with Crippen LogP contribution in [-0.2, 0) is 4.79 Å². The van der Waals surface area contributed by atoms with E-state index >= 15 is 0 Å². The highest BCUT2D eigenvalue weighted by Crippen LogP contribution is 2.49. The summed E-state index contributed by atoms with van der Waals surface area (Å²) in [5, 5.41) is 0. The molecule has 42 heavy (non-hydrogen) atoms. The van der Waals surface area contributed by atoms with E-state index in [1.54, 1.807) is 0 Å². The number of rotatable bonds is 12. The SMILES string of the molecule is C#CCN1CCC2=C(C1)c1c(OC(=O)CCCN3CCCCC3(C)C)cc(C(C)C(C)CCCCC)cc1OC2(C)C. The summed E-state index contributed by atoms with van der Waals surface area (Å²) in [4.78, 5) is 18.3. The van der Waals surface area contributed by atoms with Crippen molar-refractivity contribution >= 4 is 11.5 Å². The molecule has 1 fully saturated rings. The number of unbranched alkanes of at least 4 members (excludes halogenated alkanes) is 2. The fourth-order valence-electron chi connectivity index (χ4n) is 7.26. The summed E-state index contributed by atoms with van der Waals surface area (Å²) in [5.41, 5.74) is 4.44. The molecule has 0 N–H and O–H groups in total. The van der Waals surface area contributed by atoms with Gasteiger partial charge in [0.05, 0.1) is 12.1 Å². The minimum atomic E-state index is -0.415. The van der Waals surface area contributed by atoms with Crippen molar-refractivity contribution in [1.82, 2.24) is 9.80 Å². The van der Waals surface area contributed by atoms with Gasteiger partial charge in [0, 0.05) is 25.0 Å². The van der Waals surface area contributed by atoms with E-state index in [1.807, 2.05) is 0 Å². The molecule has 3 heterocycles. The Balaban J connectivity index is 1.62. The lowest BCUT2D eigenvalue weighted by molar-refractivity contribution is -0.134. The fraction of sp³-hybridized carbons (Fsp3) is 0.703. The summed E-state index contributed by atoms with van der Waals surface area (Å²) in [6.07, 6.45) is 16.5.